The molecule has 0 saturated heterocycles. The fourth-order valence-electron chi connectivity index (χ4n) is 0.759. The van der Waals surface area contributed by atoms with Crippen LogP contribution < -0.4 is 5.32 Å². The van der Waals surface area contributed by atoms with Crippen LogP contribution in [0, 0.1) is 5.92 Å². The summed E-state index contributed by atoms with van der Waals surface area (Å²) < 4.78 is 4.73. The van der Waals surface area contributed by atoms with Crippen LogP contribution in [0.5, 0.6) is 0 Å². The lowest BCUT2D eigenvalue weighted by molar-refractivity contribution is -0.125. The van der Waals surface area contributed by atoms with Gasteiger partial charge in [0.25, 0.3) is 0 Å². The van der Waals surface area contributed by atoms with Crippen LogP contribution >= 0.6 is 0 Å². The lowest BCUT2D eigenvalue weighted by Crippen LogP contribution is -2.28. The molecule has 0 fully saturated rings. The SMILES string of the molecule is CCNCC(C)C(=O)COC. The molecular formula is C8H17NO2. The van der Waals surface area contributed by atoms with Crippen molar-refractivity contribution in [3.8, 4) is 0 Å². The normalized spacial score (nSPS) is 13.0. The molecule has 0 aromatic heterocycles. The van der Waals surface area contributed by atoms with Gasteiger partial charge in [0.15, 0.2) is 5.78 Å². The minimum absolute atomic E-state index is 0.0647. The highest BCUT2D eigenvalue weighted by atomic mass is 16.5. The van der Waals surface area contributed by atoms with Crippen molar-refractivity contribution in [3.05, 3.63) is 0 Å². The molecule has 11 heavy (non-hydrogen) atoms. The first kappa shape index (κ1) is 10.6. The second-order valence-corrected chi connectivity index (χ2v) is 2.61. The van der Waals surface area contributed by atoms with E-state index in [9.17, 15) is 4.79 Å². The van der Waals surface area contributed by atoms with E-state index in [0.29, 0.717) is 0 Å². The van der Waals surface area contributed by atoms with E-state index in [2.05, 4.69) is 5.32 Å². The molecule has 0 aromatic rings. The lowest BCUT2D eigenvalue weighted by atomic mass is 10.1. The zero-order valence-electron chi connectivity index (χ0n) is 7.52. The minimum Gasteiger partial charge on any atom is -0.377 e. The molecule has 1 N–H and O–H groups in total. The van der Waals surface area contributed by atoms with Crippen LogP contribution in [-0.2, 0) is 9.53 Å². The van der Waals surface area contributed by atoms with Crippen molar-refractivity contribution in [1.29, 1.82) is 0 Å². The third kappa shape index (κ3) is 4.93. The Hall–Kier alpha value is -0.410. The maximum absolute atomic E-state index is 11.1. The Morgan fingerprint density at radius 3 is 2.73 bits per heavy atom. The van der Waals surface area contributed by atoms with Crippen LogP contribution in [-0.4, -0.2) is 32.6 Å². The summed E-state index contributed by atoms with van der Waals surface area (Å²) >= 11 is 0. The van der Waals surface area contributed by atoms with Crippen molar-refractivity contribution >= 4 is 5.78 Å². The number of hydrogen-bond donors (Lipinski definition) is 1. The Labute approximate surface area is 68.1 Å². The van der Waals surface area contributed by atoms with Crippen LogP contribution in [0.3, 0.4) is 0 Å². The van der Waals surface area contributed by atoms with Gasteiger partial charge in [-0.15, -0.1) is 0 Å². The number of rotatable bonds is 6. The van der Waals surface area contributed by atoms with Crippen molar-refractivity contribution in [2.45, 2.75) is 13.8 Å². The van der Waals surface area contributed by atoms with Crippen molar-refractivity contribution in [2.24, 2.45) is 5.92 Å². The van der Waals surface area contributed by atoms with Crippen LogP contribution in [0.25, 0.3) is 0 Å². The van der Waals surface area contributed by atoms with Crippen molar-refractivity contribution < 1.29 is 9.53 Å². The van der Waals surface area contributed by atoms with E-state index >= 15 is 0 Å². The Bertz CT molecular complexity index is 115. The Balaban J connectivity index is 3.46. The average Bonchev–Trinajstić information content (AvgIpc) is 2.00. The number of hydrogen-bond acceptors (Lipinski definition) is 3. The quantitative estimate of drug-likeness (QED) is 0.611. The second kappa shape index (κ2) is 6.31. The molecule has 0 aliphatic carbocycles. The molecule has 0 heterocycles. The predicted molar refractivity (Wildman–Crippen MR) is 44.6 cm³/mol. The number of Topliss-reactive ketones (excluding diaryl/α,β-unsaturated/α-hetero) is 1. The molecule has 0 rings (SSSR count). The Morgan fingerprint density at radius 1 is 1.64 bits per heavy atom. The van der Waals surface area contributed by atoms with Gasteiger partial charge in [-0.1, -0.05) is 13.8 Å². The zero-order chi connectivity index (χ0) is 8.69. The van der Waals surface area contributed by atoms with Gasteiger partial charge >= 0.3 is 0 Å². The number of methoxy groups -OCH3 is 1. The summed E-state index contributed by atoms with van der Waals surface area (Å²) in [6, 6.07) is 0. The highest BCUT2D eigenvalue weighted by Gasteiger charge is 2.10. The van der Waals surface area contributed by atoms with Gasteiger partial charge in [0, 0.05) is 19.6 Å². The first-order valence-corrected chi connectivity index (χ1v) is 3.94. The van der Waals surface area contributed by atoms with Gasteiger partial charge in [0.1, 0.15) is 6.61 Å². The molecule has 1 atom stereocenters. The third-order valence-corrected chi connectivity index (χ3v) is 1.54. The Kier molecular flexibility index (Phi) is 6.07. The molecular weight excluding hydrogens is 142 g/mol. The van der Waals surface area contributed by atoms with Gasteiger partial charge in [0.2, 0.25) is 0 Å². The van der Waals surface area contributed by atoms with E-state index in [0.717, 1.165) is 13.1 Å². The van der Waals surface area contributed by atoms with E-state index in [-0.39, 0.29) is 18.3 Å². The largest absolute Gasteiger partial charge is 0.377 e. The van der Waals surface area contributed by atoms with Crippen molar-refractivity contribution in [2.75, 3.05) is 26.8 Å². The minimum atomic E-state index is 0.0647. The summed E-state index contributed by atoms with van der Waals surface area (Å²) in [5, 5.41) is 3.11. The molecule has 0 bridgehead atoms. The van der Waals surface area contributed by atoms with Crippen molar-refractivity contribution in [3.63, 3.8) is 0 Å². The summed E-state index contributed by atoms with van der Waals surface area (Å²) in [6.07, 6.45) is 0. The second-order valence-electron chi connectivity index (χ2n) is 2.61. The molecule has 1 unspecified atom stereocenters. The van der Waals surface area contributed by atoms with Gasteiger partial charge in [0.05, 0.1) is 0 Å². The predicted octanol–water partition coefficient (Wildman–Crippen LogP) is 0.447. The first-order valence-electron chi connectivity index (χ1n) is 3.94. The smallest absolute Gasteiger partial charge is 0.162 e. The Morgan fingerprint density at radius 2 is 2.27 bits per heavy atom. The molecule has 0 amide bonds. The molecule has 3 nitrogen and oxygen atoms in total. The van der Waals surface area contributed by atoms with Gasteiger partial charge < -0.3 is 10.1 Å². The maximum atomic E-state index is 11.1. The average molecular weight is 159 g/mol. The van der Waals surface area contributed by atoms with E-state index in [1.807, 2.05) is 13.8 Å². The fraction of sp³-hybridized carbons (Fsp3) is 0.875. The number of carbonyl (C=O) groups is 1. The zero-order valence-corrected chi connectivity index (χ0v) is 7.52. The molecule has 0 radical (unpaired) electrons. The molecule has 0 aliphatic heterocycles. The van der Waals surface area contributed by atoms with Gasteiger partial charge in [-0.2, -0.15) is 0 Å². The van der Waals surface area contributed by atoms with Gasteiger partial charge in [-0.25, -0.2) is 0 Å². The molecule has 0 saturated carbocycles. The van der Waals surface area contributed by atoms with Gasteiger partial charge in [-0.3, -0.25) is 4.79 Å². The van der Waals surface area contributed by atoms with Crippen LogP contribution in [0.15, 0.2) is 0 Å². The summed E-state index contributed by atoms with van der Waals surface area (Å²) in [7, 11) is 1.54. The van der Waals surface area contributed by atoms with Crippen LogP contribution in [0.2, 0.25) is 0 Å². The monoisotopic (exact) mass is 159 g/mol. The van der Waals surface area contributed by atoms with Crippen molar-refractivity contribution in [1.82, 2.24) is 5.32 Å². The molecule has 0 spiro atoms. The number of carbonyl (C=O) groups excluding carboxylic acids is 1. The third-order valence-electron chi connectivity index (χ3n) is 1.54. The fourth-order valence-corrected chi connectivity index (χ4v) is 0.759. The van der Waals surface area contributed by atoms with Crippen LogP contribution in [0.1, 0.15) is 13.8 Å². The number of nitrogens with one attached hydrogen (secondary N) is 1. The standard InChI is InChI=1S/C8H17NO2/c1-4-9-5-7(2)8(10)6-11-3/h7,9H,4-6H2,1-3H3. The van der Waals surface area contributed by atoms with E-state index < -0.39 is 0 Å². The summed E-state index contributed by atoms with van der Waals surface area (Å²) in [5.41, 5.74) is 0. The number of ketones is 1. The summed E-state index contributed by atoms with van der Waals surface area (Å²) in [6.45, 7) is 5.81. The maximum Gasteiger partial charge on any atom is 0.162 e. The topological polar surface area (TPSA) is 38.3 Å². The summed E-state index contributed by atoms with van der Waals surface area (Å²) in [4.78, 5) is 11.1. The summed E-state index contributed by atoms with van der Waals surface area (Å²) in [5.74, 6) is 0.225. The molecule has 0 aliphatic rings. The highest BCUT2D eigenvalue weighted by molar-refractivity contribution is 5.82. The van der Waals surface area contributed by atoms with E-state index in [1.165, 1.54) is 7.11 Å². The first-order chi connectivity index (χ1) is 5.22. The van der Waals surface area contributed by atoms with Crippen LogP contribution in [0.4, 0.5) is 0 Å². The number of ether oxygens (including phenoxy) is 1. The highest BCUT2D eigenvalue weighted by Crippen LogP contribution is 1.94. The van der Waals surface area contributed by atoms with E-state index in [1.54, 1.807) is 0 Å². The molecule has 3 heteroatoms. The molecule has 66 valence electrons. The molecule has 0 aromatic carbocycles. The lowest BCUT2D eigenvalue weighted by Gasteiger charge is -2.09. The van der Waals surface area contributed by atoms with E-state index in [4.69, 9.17) is 4.74 Å². The van der Waals surface area contributed by atoms with Gasteiger partial charge in [-0.05, 0) is 6.54 Å².